The molecule has 0 saturated carbocycles. The first-order valence-corrected chi connectivity index (χ1v) is 7.15. The molecule has 1 rings (SSSR count). The van der Waals surface area contributed by atoms with Crippen molar-refractivity contribution < 1.29 is 8.42 Å². The highest BCUT2D eigenvalue weighted by atomic mass is 32.2. The number of aryl methyl sites for hydroxylation is 1. The van der Waals surface area contributed by atoms with E-state index in [0.29, 0.717) is 24.4 Å². The maximum absolute atomic E-state index is 11.8. The van der Waals surface area contributed by atoms with Crippen LogP contribution in [0.3, 0.4) is 0 Å². The lowest BCUT2D eigenvalue weighted by atomic mass is 10.2. The van der Waals surface area contributed by atoms with E-state index in [1.165, 1.54) is 0 Å². The van der Waals surface area contributed by atoms with E-state index in [4.69, 9.17) is 18.0 Å². The third-order valence-electron chi connectivity index (χ3n) is 2.22. The van der Waals surface area contributed by atoms with Crippen molar-refractivity contribution in [3.63, 3.8) is 0 Å². The monoisotopic (exact) mass is 272 g/mol. The molecule has 0 spiro atoms. The zero-order chi connectivity index (χ0) is 12.9. The summed E-state index contributed by atoms with van der Waals surface area (Å²) >= 11 is 4.71. The van der Waals surface area contributed by atoms with Crippen LogP contribution in [0.4, 0.5) is 0 Å². The van der Waals surface area contributed by atoms with Crippen LogP contribution >= 0.6 is 12.2 Å². The molecule has 0 aliphatic heterocycles. The molecule has 4 nitrogen and oxygen atoms in total. The fraction of sp³-hybridized carbons (Fsp3) is 0.364. The van der Waals surface area contributed by atoms with Gasteiger partial charge in [-0.1, -0.05) is 29.9 Å². The third-order valence-corrected chi connectivity index (χ3v) is 3.90. The van der Waals surface area contributed by atoms with Gasteiger partial charge < -0.3 is 5.73 Å². The highest BCUT2D eigenvalue weighted by Crippen LogP contribution is 2.09. The van der Waals surface area contributed by atoms with Gasteiger partial charge in [0.25, 0.3) is 0 Å². The lowest BCUT2D eigenvalue weighted by Gasteiger charge is -2.06. The number of nitrogens with one attached hydrogen (secondary N) is 1. The van der Waals surface area contributed by atoms with Crippen LogP contribution < -0.4 is 10.5 Å². The van der Waals surface area contributed by atoms with Gasteiger partial charge in [0.05, 0.1) is 9.88 Å². The zero-order valence-electron chi connectivity index (χ0n) is 9.64. The molecule has 6 heteroatoms. The molecule has 17 heavy (non-hydrogen) atoms. The van der Waals surface area contributed by atoms with Gasteiger partial charge >= 0.3 is 0 Å². The molecule has 0 aromatic heterocycles. The van der Waals surface area contributed by atoms with Crippen LogP contribution in [0.5, 0.6) is 0 Å². The lowest BCUT2D eigenvalue weighted by Crippen LogP contribution is -2.25. The summed E-state index contributed by atoms with van der Waals surface area (Å²) in [4.78, 5) is 0.679. The van der Waals surface area contributed by atoms with Gasteiger partial charge in [-0.2, -0.15) is 0 Å². The van der Waals surface area contributed by atoms with Crippen LogP contribution in [-0.4, -0.2) is 20.0 Å². The summed E-state index contributed by atoms with van der Waals surface area (Å²) in [7, 11) is -3.41. The van der Waals surface area contributed by atoms with Gasteiger partial charge in [-0.05, 0) is 31.9 Å². The smallest absolute Gasteiger partial charge is 0.240 e. The summed E-state index contributed by atoms with van der Waals surface area (Å²) in [5.41, 5.74) is 6.35. The molecular weight excluding hydrogens is 256 g/mol. The molecule has 0 atom stereocenters. The number of rotatable bonds is 6. The molecule has 0 saturated heterocycles. The van der Waals surface area contributed by atoms with Gasteiger partial charge in [-0.25, -0.2) is 13.1 Å². The normalized spacial score (nSPS) is 11.4. The Morgan fingerprint density at radius 3 is 2.47 bits per heavy atom. The van der Waals surface area contributed by atoms with Crippen molar-refractivity contribution in [2.45, 2.75) is 24.7 Å². The molecule has 1 aromatic carbocycles. The Morgan fingerprint density at radius 1 is 1.35 bits per heavy atom. The summed E-state index contributed by atoms with van der Waals surface area (Å²) in [6.07, 6.45) is 1.16. The highest BCUT2D eigenvalue weighted by Gasteiger charge is 2.12. The Morgan fingerprint density at radius 2 is 1.94 bits per heavy atom. The average Bonchev–Trinajstić information content (AvgIpc) is 2.25. The van der Waals surface area contributed by atoms with E-state index < -0.39 is 10.0 Å². The van der Waals surface area contributed by atoms with E-state index >= 15 is 0 Å². The largest absolute Gasteiger partial charge is 0.393 e. The van der Waals surface area contributed by atoms with E-state index in [1.807, 2.05) is 6.92 Å². The fourth-order valence-electron chi connectivity index (χ4n) is 1.27. The maximum atomic E-state index is 11.8. The van der Waals surface area contributed by atoms with Crippen molar-refractivity contribution in [2.75, 3.05) is 6.54 Å². The summed E-state index contributed by atoms with van der Waals surface area (Å²) < 4.78 is 26.1. The number of thiocarbonyl (C=S) groups is 1. The fourth-order valence-corrected chi connectivity index (χ4v) is 2.49. The Bertz CT molecular complexity index is 481. The molecule has 94 valence electrons. The maximum Gasteiger partial charge on any atom is 0.240 e. The first-order chi connectivity index (χ1) is 7.92. The molecular formula is C11H16N2O2S2. The standard InChI is InChI=1S/C11H16N2O2S2/c1-9-4-6-10(7-5-9)17(14,15)13-8-2-3-11(12)16/h4-7,13H,2-3,8H2,1H3,(H2,12,16). The first-order valence-electron chi connectivity index (χ1n) is 5.26. The van der Waals surface area contributed by atoms with E-state index in [1.54, 1.807) is 24.3 Å². The van der Waals surface area contributed by atoms with Crippen molar-refractivity contribution >= 4 is 27.2 Å². The molecule has 0 aliphatic rings. The molecule has 0 aliphatic carbocycles. The van der Waals surface area contributed by atoms with Crippen molar-refractivity contribution in [2.24, 2.45) is 5.73 Å². The van der Waals surface area contributed by atoms with Crippen LogP contribution in [0.1, 0.15) is 18.4 Å². The Kier molecular flexibility index (Phi) is 5.04. The molecule has 1 aromatic rings. The summed E-state index contributed by atoms with van der Waals surface area (Å²) in [6.45, 7) is 2.25. The lowest BCUT2D eigenvalue weighted by molar-refractivity contribution is 0.580. The quantitative estimate of drug-likeness (QED) is 0.605. The van der Waals surface area contributed by atoms with E-state index in [2.05, 4.69) is 4.72 Å². The minimum atomic E-state index is -3.41. The third kappa shape index (κ3) is 4.80. The molecule has 0 unspecified atom stereocenters. The van der Waals surface area contributed by atoms with E-state index in [0.717, 1.165) is 5.56 Å². The van der Waals surface area contributed by atoms with Gasteiger partial charge in [-0.15, -0.1) is 0 Å². The van der Waals surface area contributed by atoms with Crippen molar-refractivity contribution in [3.05, 3.63) is 29.8 Å². The second kappa shape index (κ2) is 6.09. The van der Waals surface area contributed by atoms with Crippen LogP contribution in [0.15, 0.2) is 29.2 Å². The van der Waals surface area contributed by atoms with Gasteiger partial charge in [0.15, 0.2) is 0 Å². The van der Waals surface area contributed by atoms with E-state index in [-0.39, 0.29) is 4.90 Å². The minimum Gasteiger partial charge on any atom is -0.393 e. The number of hydrogen-bond acceptors (Lipinski definition) is 3. The average molecular weight is 272 g/mol. The second-order valence-electron chi connectivity index (χ2n) is 3.78. The van der Waals surface area contributed by atoms with Crippen LogP contribution in [0.2, 0.25) is 0 Å². The number of sulfonamides is 1. The van der Waals surface area contributed by atoms with Crippen LogP contribution in [-0.2, 0) is 10.0 Å². The molecule has 0 radical (unpaired) electrons. The van der Waals surface area contributed by atoms with Crippen molar-refractivity contribution in [1.82, 2.24) is 4.72 Å². The van der Waals surface area contributed by atoms with Gasteiger partial charge in [0.2, 0.25) is 10.0 Å². The molecule has 0 amide bonds. The van der Waals surface area contributed by atoms with Crippen LogP contribution in [0, 0.1) is 6.92 Å². The summed E-state index contributed by atoms with van der Waals surface area (Å²) in [6, 6.07) is 6.71. The minimum absolute atomic E-state index is 0.276. The zero-order valence-corrected chi connectivity index (χ0v) is 11.3. The predicted octanol–water partition coefficient (Wildman–Crippen LogP) is 1.34. The Balaban J connectivity index is 2.57. The van der Waals surface area contributed by atoms with Gasteiger partial charge in [0, 0.05) is 6.54 Å². The van der Waals surface area contributed by atoms with Gasteiger partial charge in [-0.3, -0.25) is 0 Å². The second-order valence-corrected chi connectivity index (χ2v) is 6.07. The molecule has 0 bridgehead atoms. The SMILES string of the molecule is Cc1ccc(S(=O)(=O)NCCCC(N)=S)cc1. The Hall–Kier alpha value is -0.980. The Labute approximate surface area is 107 Å². The van der Waals surface area contributed by atoms with Crippen molar-refractivity contribution in [3.8, 4) is 0 Å². The summed E-state index contributed by atoms with van der Waals surface area (Å²) in [5.74, 6) is 0. The molecule has 0 heterocycles. The summed E-state index contributed by atoms with van der Waals surface area (Å²) in [5, 5.41) is 0. The van der Waals surface area contributed by atoms with Crippen molar-refractivity contribution in [1.29, 1.82) is 0 Å². The number of hydrogen-bond donors (Lipinski definition) is 2. The van der Waals surface area contributed by atoms with Crippen LogP contribution in [0.25, 0.3) is 0 Å². The topological polar surface area (TPSA) is 72.2 Å². The number of benzene rings is 1. The molecule has 3 N–H and O–H groups in total. The van der Waals surface area contributed by atoms with Gasteiger partial charge in [0.1, 0.15) is 0 Å². The predicted molar refractivity (Wildman–Crippen MR) is 72.4 cm³/mol. The molecule has 0 fully saturated rings. The number of nitrogens with two attached hydrogens (primary N) is 1. The van der Waals surface area contributed by atoms with E-state index in [9.17, 15) is 8.42 Å². The highest BCUT2D eigenvalue weighted by molar-refractivity contribution is 7.89. The first kappa shape index (κ1) is 14.1.